The van der Waals surface area contributed by atoms with Gasteiger partial charge in [0.05, 0.1) is 25.6 Å². The predicted octanol–water partition coefficient (Wildman–Crippen LogP) is 5.18. The Kier molecular flexibility index (Phi) is 6.56. The summed E-state index contributed by atoms with van der Waals surface area (Å²) in [4.78, 5) is 25.9. The summed E-state index contributed by atoms with van der Waals surface area (Å²) in [6.45, 7) is 3.48. The zero-order valence-corrected chi connectivity index (χ0v) is 17.8. The highest BCUT2D eigenvalue weighted by atomic mass is 19.4. The highest BCUT2D eigenvalue weighted by molar-refractivity contribution is 5.65. The lowest BCUT2D eigenvalue weighted by atomic mass is 9.89. The van der Waals surface area contributed by atoms with E-state index in [0.717, 1.165) is 39.2 Å². The predicted molar refractivity (Wildman–Crippen MR) is 103 cm³/mol. The van der Waals surface area contributed by atoms with Crippen LogP contribution in [0.2, 0.25) is 0 Å². The van der Waals surface area contributed by atoms with Crippen molar-refractivity contribution < 1.29 is 46.4 Å². The van der Waals surface area contributed by atoms with Gasteiger partial charge in [-0.3, -0.25) is 0 Å². The zero-order chi connectivity index (χ0) is 23.6. The Bertz CT molecular complexity index is 907. The first kappa shape index (κ1) is 23.3. The SMILES string of the molecule is COC(=O)OC1=C(C)N(C2CC2)C(C)=C(OC(=O)OC)C1c1ccc(OC(F)(F)F)cc1. The molecule has 1 aromatic carbocycles. The number of hydrogen-bond donors (Lipinski definition) is 0. The average Bonchev–Trinajstić information content (AvgIpc) is 3.56. The topological polar surface area (TPSA) is 83.5 Å². The number of alkyl halides is 3. The molecule has 0 radical (unpaired) electrons. The van der Waals surface area contributed by atoms with Gasteiger partial charge in [0.1, 0.15) is 23.2 Å². The summed E-state index contributed by atoms with van der Waals surface area (Å²) in [6, 6.07) is 5.09. The molecule has 1 aromatic rings. The third-order valence-corrected chi connectivity index (χ3v) is 5.04. The lowest BCUT2D eigenvalue weighted by molar-refractivity contribution is -0.274. The second-order valence-electron chi connectivity index (χ2n) is 7.16. The van der Waals surface area contributed by atoms with E-state index in [4.69, 9.17) is 9.47 Å². The fraction of sp³-hybridized carbons (Fsp3) is 0.429. The largest absolute Gasteiger partial charge is 0.573 e. The van der Waals surface area contributed by atoms with Gasteiger partial charge in [-0.15, -0.1) is 13.2 Å². The smallest absolute Gasteiger partial charge is 0.437 e. The molecule has 1 fully saturated rings. The standard InChI is InChI=1S/C21H22F3NO7/c1-11-17(30-19(26)28-3)16(13-5-9-15(10-6-13)32-21(22,23)24)18(31-20(27)29-4)12(2)25(11)14-7-8-14/h5-6,9-10,14,16H,7-8H2,1-4H3. The van der Waals surface area contributed by atoms with Gasteiger partial charge in [-0.1, -0.05) is 12.1 Å². The van der Waals surface area contributed by atoms with Crippen LogP contribution in [-0.4, -0.2) is 43.8 Å². The second-order valence-corrected chi connectivity index (χ2v) is 7.16. The van der Waals surface area contributed by atoms with Crippen molar-refractivity contribution in [3.8, 4) is 5.75 Å². The van der Waals surface area contributed by atoms with E-state index < -0.39 is 30.3 Å². The normalized spacial score (nSPS) is 17.3. The summed E-state index contributed by atoms with van der Waals surface area (Å²) >= 11 is 0. The lowest BCUT2D eigenvalue weighted by Crippen LogP contribution is -2.34. The molecule has 1 aliphatic carbocycles. The molecule has 11 heteroatoms. The average molecular weight is 457 g/mol. The van der Waals surface area contributed by atoms with Crippen LogP contribution in [0.3, 0.4) is 0 Å². The van der Waals surface area contributed by atoms with Crippen molar-refractivity contribution in [1.29, 1.82) is 0 Å². The molecule has 1 heterocycles. The molecule has 0 N–H and O–H groups in total. The minimum Gasteiger partial charge on any atom is -0.437 e. The summed E-state index contributed by atoms with van der Waals surface area (Å²) in [5, 5.41) is 0. The van der Waals surface area contributed by atoms with Gasteiger partial charge >= 0.3 is 18.7 Å². The molecule has 1 saturated carbocycles. The molecule has 0 atom stereocenters. The molecule has 1 aliphatic heterocycles. The molecule has 0 amide bonds. The quantitative estimate of drug-likeness (QED) is 0.560. The van der Waals surface area contributed by atoms with Crippen molar-refractivity contribution in [2.75, 3.05) is 14.2 Å². The number of nitrogens with zero attached hydrogens (tertiary/aromatic N) is 1. The molecule has 174 valence electrons. The second kappa shape index (κ2) is 9.01. The van der Waals surface area contributed by atoms with Crippen molar-refractivity contribution in [2.24, 2.45) is 0 Å². The van der Waals surface area contributed by atoms with Crippen molar-refractivity contribution in [1.82, 2.24) is 4.90 Å². The van der Waals surface area contributed by atoms with Gasteiger partial charge in [-0.25, -0.2) is 9.59 Å². The Labute approximate surface area is 182 Å². The fourth-order valence-electron chi connectivity index (χ4n) is 3.60. The zero-order valence-electron chi connectivity index (χ0n) is 17.8. The summed E-state index contributed by atoms with van der Waals surface area (Å²) < 4.78 is 61.6. The Morgan fingerprint density at radius 1 is 0.906 bits per heavy atom. The van der Waals surface area contributed by atoms with Crippen LogP contribution in [0.5, 0.6) is 5.75 Å². The summed E-state index contributed by atoms with van der Waals surface area (Å²) in [5.41, 5.74) is 1.58. The van der Waals surface area contributed by atoms with Crippen LogP contribution in [0, 0.1) is 0 Å². The van der Waals surface area contributed by atoms with E-state index in [1.54, 1.807) is 13.8 Å². The first-order valence-corrected chi connectivity index (χ1v) is 9.63. The highest BCUT2D eigenvalue weighted by Gasteiger charge is 2.43. The molecule has 0 aromatic heterocycles. The lowest BCUT2D eigenvalue weighted by Gasteiger charge is -2.37. The minimum absolute atomic E-state index is 0.123. The highest BCUT2D eigenvalue weighted by Crippen LogP contribution is 2.47. The Morgan fingerprint density at radius 3 is 1.75 bits per heavy atom. The number of carbonyl (C=O) groups is 2. The number of methoxy groups -OCH3 is 2. The van der Waals surface area contributed by atoms with Crippen LogP contribution in [0.4, 0.5) is 22.8 Å². The van der Waals surface area contributed by atoms with Gasteiger partial charge in [0, 0.05) is 6.04 Å². The number of hydrogen-bond acceptors (Lipinski definition) is 8. The molecular weight excluding hydrogens is 435 g/mol. The summed E-state index contributed by atoms with van der Waals surface area (Å²) in [5.74, 6) is -1.11. The number of rotatable bonds is 5. The maximum atomic E-state index is 12.5. The fourth-order valence-corrected chi connectivity index (χ4v) is 3.60. The number of halogens is 3. The number of ether oxygens (including phenoxy) is 5. The maximum absolute atomic E-state index is 12.5. The van der Waals surface area contributed by atoms with E-state index in [0.29, 0.717) is 17.0 Å². The molecule has 0 bridgehead atoms. The van der Waals surface area contributed by atoms with Crippen molar-refractivity contribution in [2.45, 2.75) is 45.0 Å². The Morgan fingerprint density at radius 2 is 1.38 bits per heavy atom. The molecule has 8 nitrogen and oxygen atoms in total. The number of benzene rings is 1. The number of allylic oxidation sites excluding steroid dienone is 2. The Balaban J connectivity index is 2.09. The van der Waals surface area contributed by atoms with Gasteiger partial charge in [-0.2, -0.15) is 0 Å². The van der Waals surface area contributed by atoms with Crippen LogP contribution in [-0.2, 0) is 18.9 Å². The van der Waals surface area contributed by atoms with Crippen molar-refractivity contribution >= 4 is 12.3 Å². The van der Waals surface area contributed by atoms with Gasteiger partial charge < -0.3 is 28.6 Å². The van der Waals surface area contributed by atoms with Gasteiger partial charge in [0.15, 0.2) is 0 Å². The molecule has 0 spiro atoms. The van der Waals surface area contributed by atoms with Crippen molar-refractivity contribution in [3.05, 3.63) is 52.7 Å². The molecule has 3 rings (SSSR count). The monoisotopic (exact) mass is 457 g/mol. The molecule has 0 unspecified atom stereocenters. The van der Waals surface area contributed by atoms with Crippen LogP contribution >= 0.6 is 0 Å². The summed E-state index contributed by atoms with van der Waals surface area (Å²) in [7, 11) is 2.29. The maximum Gasteiger partial charge on any atom is 0.573 e. The summed E-state index contributed by atoms with van der Waals surface area (Å²) in [6.07, 6.45) is -5.05. The van der Waals surface area contributed by atoms with E-state index >= 15 is 0 Å². The van der Waals surface area contributed by atoms with E-state index in [1.807, 2.05) is 4.90 Å². The Hall–Kier alpha value is -3.37. The first-order chi connectivity index (χ1) is 15.1. The third-order valence-electron chi connectivity index (χ3n) is 5.04. The van der Waals surface area contributed by atoms with Crippen molar-refractivity contribution in [3.63, 3.8) is 0 Å². The van der Waals surface area contributed by atoms with Gasteiger partial charge in [0.25, 0.3) is 0 Å². The van der Waals surface area contributed by atoms with Crippen LogP contribution in [0.25, 0.3) is 0 Å². The van der Waals surface area contributed by atoms with E-state index in [9.17, 15) is 22.8 Å². The first-order valence-electron chi connectivity index (χ1n) is 9.63. The van der Waals surface area contributed by atoms with Gasteiger partial charge in [-0.05, 0) is 44.4 Å². The molecule has 2 aliphatic rings. The molecular formula is C21H22F3NO7. The van der Waals surface area contributed by atoms with Crippen LogP contribution in [0.15, 0.2) is 47.2 Å². The van der Waals surface area contributed by atoms with E-state index in [2.05, 4.69) is 14.2 Å². The van der Waals surface area contributed by atoms with Crippen LogP contribution < -0.4 is 4.74 Å². The molecule has 32 heavy (non-hydrogen) atoms. The van der Waals surface area contributed by atoms with Gasteiger partial charge in [0.2, 0.25) is 0 Å². The molecule has 0 saturated heterocycles. The third kappa shape index (κ3) is 5.09. The minimum atomic E-state index is -4.84. The van der Waals surface area contributed by atoms with Crippen LogP contribution in [0.1, 0.15) is 38.2 Å². The number of carbonyl (C=O) groups excluding carboxylic acids is 2. The van der Waals surface area contributed by atoms with E-state index in [-0.39, 0.29) is 17.6 Å². The van der Waals surface area contributed by atoms with E-state index in [1.165, 1.54) is 12.1 Å².